The Bertz CT molecular complexity index is 915. The average Bonchev–Trinajstić information content (AvgIpc) is 3.26. The molecule has 2 aromatic carbocycles. The third-order valence-electron chi connectivity index (χ3n) is 5.97. The van der Waals surface area contributed by atoms with E-state index in [1.54, 1.807) is 11.1 Å². The molecule has 146 valence electrons. The van der Waals surface area contributed by atoms with E-state index >= 15 is 0 Å². The quantitative estimate of drug-likeness (QED) is 0.540. The molecule has 0 N–H and O–H groups in total. The second-order valence-corrected chi connectivity index (χ2v) is 23.7. The normalized spacial score (nSPS) is 13.6. The van der Waals surface area contributed by atoms with Gasteiger partial charge in [-0.2, -0.15) is 0 Å². The van der Waals surface area contributed by atoms with Gasteiger partial charge in [-0.1, -0.05) is 0 Å². The Morgan fingerprint density at radius 3 is 1.86 bits per heavy atom. The summed E-state index contributed by atoms with van der Waals surface area (Å²) in [6, 6.07) is 17.3. The minimum Gasteiger partial charge on any atom is -1.00 e. The third kappa shape index (κ3) is 4.22. The third-order valence-corrected chi connectivity index (χ3v) is 28.4. The molecule has 0 radical (unpaired) electrons. The number of halogens is 2. The van der Waals surface area contributed by atoms with Crippen molar-refractivity contribution in [2.24, 2.45) is 0 Å². The molecule has 0 saturated heterocycles. The van der Waals surface area contributed by atoms with Crippen LogP contribution in [-0.2, 0) is 20.4 Å². The monoisotopic (exact) mass is 504 g/mol. The summed E-state index contributed by atoms with van der Waals surface area (Å²) in [5.41, 5.74) is 8.96. The minimum atomic E-state index is -1.81. The second-order valence-electron chi connectivity index (χ2n) is 7.66. The van der Waals surface area contributed by atoms with Crippen LogP contribution in [0.4, 0.5) is 0 Å². The standard InChI is InChI=1S/C15H13.C5H5.C4H10Si.2ClH.Zr/c1-10-3-5-14-12(7-10)9-13-8-11(2)4-6-15(13)14;1-2-4-5-3-1;1-3-5-4-2;;;/h3-9H,1-2H3;1-3H,4H2;3-4H2,1-2H3;2*1H;/q;;;;;+2/p-2. The first-order chi connectivity index (χ1) is 12.6. The molecular weight excluding hydrogens is 478 g/mol. The first-order valence-electron chi connectivity index (χ1n) is 9.93. The van der Waals surface area contributed by atoms with Gasteiger partial charge in [-0.15, -0.1) is 0 Å². The molecule has 4 rings (SSSR count). The van der Waals surface area contributed by atoms with E-state index in [4.69, 9.17) is 0 Å². The van der Waals surface area contributed by atoms with Gasteiger partial charge in [0.1, 0.15) is 0 Å². The zero-order valence-corrected chi connectivity index (χ0v) is 22.1. The maximum atomic E-state index is 2.52. The van der Waals surface area contributed by atoms with Crippen LogP contribution in [0, 0.1) is 13.8 Å². The molecule has 0 aromatic heterocycles. The Morgan fingerprint density at radius 2 is 1.43 bits per heavy atom. The fraction of sp³-hybridized carbons (Fsp3) is 0.333. The van der Waals surface area contributed by atoms with Crippen LogP contribution in [0.25, 0.3) is 11.1 Å². The summed E-state index contributed by atoms with van der Waals surface area (Å²) in [6.07, 6.45) is 8.46. The zero-order valence-electron chi connectivity index (χ0n) is 17.2. The van der Waals surface area contributed by atoms with Crippen molar-refractivity contribution in [3.8, 4) is 11.1 Å². The first-order valence-corrected chi connectivity index (χ1v) is 18.2. The molecule has 0 heterocycles. The SMILES string of the molecule is CC[Si](CC)=[Zr+2]([C]1=CC=CC1)[CH]1c2cc(C)ccc2-c2ccc(C)cc21.[Cl-].[Cl-]. The fourth-order valence-corrected chi connectivity index (χ4v) is 26.9. The molecule has 2 aromatic rings. The van der Waals surface area contributed by atoms with Crippen LogP contribution in [-0.4, -0.2) is 5.43 Å². The second kappa shape index (κ2) is 10.1. The van der Waals surface area contributed by atoms with Crippen molar-refractivity contribution in [3.63, 3.8) is 0 Å². The van der Waals surface area contributed by atoms with Crippen molar-refractivity contribution in [3.05, 3.63) is 80.2 Å². The van der Waals surface area contributed by atoms with Gasteiger partial charge in [-0.05, 0) is 0 Å². The summed E-state index contributed by atoms with van der Waals surface area (Å²) in [5, 5.41) is 0. The summed E-state index contributed by atoms with van der Waals surface area (Å²) in [5.74, 6) is 0. The number of hydrogen-bond donors (Lipinski definition) is 0. The van der Waals surface area contributed by atoms with Crippen molar-refractivity contribution in [2.75, 3.05) is 0 Å². The molecule has 28 heavy (non-hydrogen) atoms. The van der Waals surface area contributed by atoms with Crippen LogP contribution in [0.1, 0.15) is 46.1 Å². The van der Waals surface area contributed by atoms with E-state index in [0.717, 1.165) is 3.63 Å². The van der Waals surface area contributed by atoms with Crippen molar-refractivity contribution >= 4 is 5.43 Å². The van der Waals surface area contributed by atoms with Gasteiger partial charge < -0.3 is 24.8 Å². The summed E-state index contributed by atoms with van der Waals surface area (Å²) in [6.45, 7) is 9.45. The van der Waals surface area contributed by atoms with E-state index in [-0.39, 0.29) is 30.2 Å². The van der Waals surface area contributed by atoms with E-state index in [2.05, 4.69) is 82.3 Å². The fourth-order valence-electron chi connectivity index (χ4n) is 4.71. The number of allylic oxidation sites excluding steroid dienone is 4. The van der Waals surface area contributed by atoms with Crippen molar-refractivity contribution in [2.45, 2.75) is 49.8 Å². The largest absolute Gasteiger partial charge is 1.00 e. The van der Waals surface area contributed by atoms with Gasteiger partial charge in [0, 0.05) is 0 Å². The van der Waals surface area contributed by atoms with Crippen molar-refractivity contribution < 1.29 is 45.2 Å². The van der Waals surface area contributed by atoms with Gasteiger partial charge >= 0.3 is 167 Å². The van der Waals surface area contributed by atoms with Crippen LogP contribution >= 0.6 is 0 Å². The Balaban J connectivity index is 0.00000140. The van der Waals surface area contributed by atoms with Crippen LogP contribution in [0.15, 0.2) is 57.9 Å². The first kappa shape index (κ1) is 23.9. The van der Waals surface area contributed by atoms with Crippen LogP contribution in [0.5, 0.6) is 0 Å². The van der Waals surface area contributed by atoms with Gasteiger partial charge in [-0.25, -0.2) is 0 Å². The van der Waals surface area contributed by atoms with E-state index < -0.39 is 20.4 Å². The Morgan fingerprint density at radius 1 is 0.893 bits per heavy atom. The molecule has 4 heteroatoms. The van der Waals surface area contributed by atoms with E-state index in [1.807, 2.05) is 3.28 Å². The van der Waals surface area contributed by atoms with E-state index in [1.165, 1.54) is 40.8 Å². The maximum Gasteiger partial charge on any atom is -1.00 e. The molecular formula is C24H28Cl2SiZr. The number of rotatable bonds is 4. The summed E-state index contributed by atoms with van der Waals surface area (Å²) in [4.78, 5) is 0. The molecule has 0 unspecified atom stereocenters. The molecule has 0 atom stereocenters. The molecule has 2 aliphatic rings. The van der Waals surface area contributed by atoms with Gasteiger partial charge in [-0.3, -0.25) is 0 Å². The minimum absolute atomic E-state index is 0. The number of hydrogen-bond acceptors (Lipinski definition) is 0. The van der Waals surface area contributed by atoms with Gasteiger partial charge in [0.2, 0.25) is 0 Å². The van der Waals surface area contributed by atoms with Gasteiger partial charge in [0.05, 0.1) is 0 Å². The molecule has 0 amide bonds. The molecule has 0 fully saturated rings. The molecule has 0 spiro atoms. The molecule has 0 saturated carbocycles. The topological polar surface area (TPSA) is 0 Å². The number of benzene rings is 2. The maximum absolute atomic E-state index is 2.52. The van der Waals surface area contributed by atoms with Crippen LogP contribution in [0.2, 0.25) is 12.1 Å². The van der Waals surface area contributed by atoms with Gasteiger partial charge in [0.25, 0.3) is 0 Å². The van der Waals surface area contributed by atoms with E-state index in [9.17, 15) is 0 Å². The van der Waals surface area contributed by atoms with Crippen LogP contribution < -0.4 is 24.8 Å². The van der Waals surface area contributed by atoms with Crippen molar-refractivity contribution in [1.82, 2.24) is 0 Å². The molecule has 0 aliphatic heterocycles. The predicted molar refractivity (Wildman–Crippen MR) is 112 cm³/mol. The Hall–Kier alpha value is -0.400. The molecule has 0 nitrogen and oxygen atoms in total. The Labute approximate surface area is 190 Å². The average molecular weight is 507 g/mol. The number of aryl methyl sites for hydroxylation is 2. The van der Waals surface area contributed by atoms with E-state index in [0.29, 0.717) is 0 Å². The Kier molecular flexibility index (Phi) is 8.59. The van der Waals surface area contributed by atoms with Crippen molar-refractivity contribution in [1.29, 1.82) is 0 Å². The zero-order chi connectivity index (χ0) is 18.3. The molecule has 2 aliphatic carbocycles. The van der Waals surface area contributed by atoms with Gasteiger partial charge in [0.15, 0.2) is 0 Å². The predicted octanol–water partition coefficient (Wildman–Crippen LogP) is 0.875. The van der Waals surface area contributed by atoms with Crippen LogP contribution in [0.3, 0.4) is 0 Å². The smallest absolute Gasteiger partial charge is 1.00 e. The molecule has 0 bridgehead atoms. The summed E-state index contributed by atoms with van der Waals surface area (Å²) in [7, 11) is 0. The summed E-state index contributed by atoms with van der Waals surface area (Å²) < 4.78 is 2.61. The summed E-state index contributed by atoms with van der Waals surface area (Å²) >= 11 is -1.81. The number of fused-ring (bicyclic) bond motifs is 3.